The second-order valence-electron chi connectivity index (χ2n) is 2.42. The number of hydrogen-bond acceptors (Lipinski definition) is 1. The maximum absolute atomic E-state index is 4.87. The summed E-state index contributed by atoms with van der Waals surface area (Å²) in [7, 11) is 0. The molecule has 0 heterocycles. The maximum Gasteiger partial charge on any atom is 0.00914 e. The lowest BCUT2D eigenvalue weighted by atomic mass is 10.1. The first-order chi connectivity index (χ1) is 4.75. The van der Waals surface area contributed by atoms with Crippen LogP contribution in [-0.2, 0) is 0 Å². The van der Waals surface area contributed by atoms with Gasteiger partial charge in [-0.1, -0.05) is 30.4 Å². The normalized spacial score (nSPS) is 9.40. The van der Waals surface area contributed by atoms with E-state index in [0.717, 1.165) is 0 Å². The zero-order valence-corrected chi connectivity index (χ0v) is 7.03. The monoisotopic (exact) mass is 150 g/mol. The summed E-state index contributed by atoms with van der Waals surface area (Å²) >= 11 is 4.87. The Morgan fingerprint density at radius 2 is 1.70 bits per heavy atom. The molecule has 0 spiro atoms. The minimum absolute atomic E-state index is 1.19. The molecule has 1 aromatic carbocycles. The highest BCUT2D eigenvalue weighted by Crippen LogP contribution is 2.09. The molecule has 0 bridgehead atoms. The number of aryl methyl sites for hydroxylation is 2. The molecule has 0 unspecified atom stereocenters. The van der Waals surface area contributed by atoms with Crippen molar-refractivity contribution in [1.82, 2.24) is 0 Å². The van der Waals surface area contributed by atoms with Crippen LogP contribution in [0.15, 0.2) is 18.2 Å². The van der Waals surface area contributed by atoms with Gasteiger partial charge in [-0.3, -0.25) is 0 Å². The Bertz CT molecular complexity index is 231. The van der Waals surface area contributed by atoms with Crippen LogP contribution in [0.1, 0.15) is 16.7 Å². The summed E-state index contributed by atoms with van der Waals surface area (Å²) in [5, 5.41) is 1.74. The van der Waals surface area contributed by atoms with Crippen LogP contribution in [0.25, 0.3) is 0 Å². The molecule has 0 saturated heterocycles. The summed E-state index contributed by atoms with van der Waals surface area (Å²) in [4.78, 5) is 0. The molecule has 0 nitrogen and oxygen atoms in total. The zero-order valence-electron chi connectivity index (χ0n) is 6.22. The Morgan fingerprint density at radius 1 is 1.20 bits per heavy atom. The number of thiocarbonyl (C=S) groups is 1. The van der Waals surface area contributed by atoms with E-state index in [1.165, 1.54) is 16.7 Å². The van der Waals surface area contributed by atoms with Gasteiger partial charge >= 0.3 is 0 Å². The number of hydrogen-bond donors (Lipinski definition) is 0. The molecule has 1 rings (SSSR count). The minimum atomic E-state index is 1.19. The van der Waals surface area contributed by atoms with Gasteiger partial charge in [0.1, 0.15) is 0 Å². The molecule has 0 saturated carbocycles. The summed E-state index contributed by atoms with van der Waals surface area (Å²) in [6.07, 6.45) is 0. The van der Waals surface area contributed by atoms with Crippen LogP contribution in [0.2, 0.25) is 0 Å². The first-order valence-electron chi connectivity index (χ1n) is 3.27. The van der Waals surface area contributed by atoms with Crippen LogP contribution in [0.5, 0.6) is 0 Å². The molecule has 1 aromatic rings. The predicted molar refractivity (Wildman–Crippen MR) is 48.7 cm³/mol. The van der Waals surface area contributed by atoms with Gasteiger partial charge in [0, 0.05) is 5.37 Å². The summed E-state index contributed by atoms with van der Waals surface area (Å²) in [6.45, 7) is 4.15. The molecule has 10 heavy (non-hydrogen) atoms. The van der Waals surface area contributed by atoms with Gasteiger partial charge in [0.25, 0.3) is 0 Å². The van der Waals surface area contributed by atoms with Crippen molar-refractivity contribution in [3.8, 4) is 0 Å². The quantitative estimate of drug-likeness (QED) is 0.555. The van der Waals surface area contributed by atoms with Crippen LogP contribution < -0.4 is 0 Å². The highest BCUT2D eigenvalue weighted by Gasteiger charge is 1.95. The molecule has 0 radical (unpaired) electrons. The summed E-state index contributed by atoms with van der Waals surface area (Å²) < 4.78 is 0. The fraction of sp³-hybridized carbons (Fsp3) is 0.222. The summed E-state index contributed by atoms with van der Waals surface area (Å²) in [5.41, 5.74) is 3.71. The van der Waals surface area contributed by atoms with Gasteiger partial charge in [0.2, 0.25) is 0 Å². The van der Waals surface area contributed by atoms with Gasteiger partial charge < -0.3 is 0 Å². The molecule has 0 aliphatic rings. The van der Waals surface area contributed by atoms with E-state index in [4.69, 9.17) is 12.2 Å². The van der Waals surface area contributed by atoms with Gasteiger partial charge in [-0.25, -0.2) is 0 Å². The Hall–Kier alpha value is -0.690. The molecular weight excluding hydrogens is 140 g/mol. The van der Waals surface area contributed by atoms with Gasteiger partial charge in [0.15, 0.2) is 0 Å². The molecule has 0 N–H and O–H groups in total. The second-order valence-corrected chi connectivity index (χ2v) is 2.66. The van der Waals surface area contributed by atoms with Crippen molar-refractivity contribution in [2.24, 2.45) is 0 Å². The maximum atomic E-state index is 4.87. The topological polar surface area (TPSA) is 0 Å². The number of benzene rings is 1. The lowest BCUT2D eigenvalue weighted by Gasteiger charge is -2.01. The Kier molecular flexibility index (Phi) is 2.17. The highest BCUT2D eigenvalue weighted by molar-refractivity contribution is 7.79. The van der Waals surface area contributed by atoms with E-state index in [0.29, 0.717) is 0 Å². The third-order valence-corrected chi connectivity index (χ3v) is 1.90. The van der Waals surface area contributed by atoms with Crippen LogP contribution in [0, 0.1) is 13.8 Å². The highest BCUT2D eigenvalue weighted by atomic mass is 32.1. The van der Waals surface area contributed by atoms with Crippen molar-refractivity contribution < 1.29 is 0 Å². The third-order valence-electron chi connectivity index (χ3n) is 1.66. The molecule has 0 aliphatic carbocycles. The van der Waals surface area contributed by atoms with Crippen molar-refractivity contribution in [2.45, 2.75) is 13.8 Å². The average Bonchev–Trinajstić information content (AvgIpc) is 1.88. The van der Waals surface area contributed by atoms with Crippen molar-refractivity contribution >= 4 is 17.6 Å². The van der Waals surface area contributed by atoms with Gasteiger partial charge in [-0.2, -0.15) is 0 Å². The Morgan fingerprint density at radius 3 is 2.00 bits per heavy atom. The molecule has 0 fully saturated rings. The Labute approximate surface area is 66.9 Å². The first kappa shape index (κ1) is 7.42. The fourth-order valence-corrected chi connectivity index (χ4v) is 1.39. The molecule has 0 aromatic heterocycles. The van der Waals surface area contributed by atoms with Crippen molar-refractivity contribution in [2.75, 3.05) is 0 Å². The van der Waals surface area contributed by atoms with Gasteiger partial charge in [0.05, 0.1) is 0 Å². The Balaban J connectivity index is 3.30. The van der Waals surface area contributed by atoms with Crippen LogP contribution in [-0.4, -0.2) is 5.37 Å². The van der Waals surface area contributed by atoms with Crippen molar-refractivity contribution in [3.05, 3.63) is 34.9 Å². The second kappa shape index (κ2) is 2.93. The van der Waals surface area contributed by atoms with Crippen LogP contribution in [0.4, 0.5) is 0 Å². The summed E-state index contributed by atoms with van der Waals surface area (Å²) in [6, 6.07) is 6.20. The minimum Gasteiger partial charge on any atom is -0.0881 e. The van der Waals surface area contributed by atoms with Crippen LogP contribution in [0.3, 0.4) is 0 Å². The van der Waals surface area contributed by atoms with Gasteiger partial charge in [-0.05, 0) is 30.5 Å². The summed E-state index contributed by atoms with van der Waals surface area (Å²) in [5.74, 6) is 0. The third kappa shape index (κ3) is 1.24. The largest absolute Gasteiger partial charge is 0.0881 e. The lowest BCUT2D eigenvalue weighted by Crippen LogP contribution is -1.88. The SMILES string of the molecule is Cc1cccc(C)c1C=S. The molecule has 52 valence electrons. The standard InChI is InChI=1S/C9H10S/c1-7-4-3-5-8(2)9(7)6-10/h3-6H,1-2H3. The van der Waals surface area contributed by atoms with Gasteiger partial charge in [-0.15, -0.1) is 0 Å². The van der Waals surface area contributed by atoms with E-state index >= 15 is 0 Å². The van der Waals surface area contributed by atoms with E-state index in [1.54, 1.807) is 5.37 Å². The van der Waals surface area contributed by atoms with Crippen molar-refractivity contribution in [3.63, 3.8) is 0 Å². The average molecular weight is 150 g/mol. The molecular formula is C9H10S. The molecule has 0 aliphatic heterocycles. The molecule has 0 atom stereocenters. The van der Waals surface area contributed by atoms with E-state index in [9.17, 15) is 0 Å². The zero-order chi connectivity index (χ0) is 7.56. The van der Waals surface area contributed by atoms with E-state index in [2.05, 4.69) is 26.0 Å². The van der Waals surface area contributed by atoms with E-state index < -0.39 is 0 Å². The molecule has 1 heteroatoms. The van der Waals surface area contributed by atoms with Crippen molar-refractivity contribution in [1.29, 1.82) is 0 Å². The molecule has 0 amide bonds. The van der Waals surface area contributed by atoms with E-state index in [1.807, 2.05) is 6.07 Å². The van der Waals surface area contributed by atoms with Crippen LogP contribution >= 0.6 is 12.2 Å². The first-order valence-corrected chi connectivity index (χ1v) is 3.74. The fourth-order valence-electron chi connectivity index (χ4n) is 1.01. The smallest absolute Gasteiger partial charge is 0.00914 e. The lowest BCUT2D eigenvalue weighted by molar-refractivity contribution is 1.37. The number of rotatable bonds is 1. The predicted octanol–water partition coefficient (Wildman–Crippen LogP) is 2.65. The van der Waals surface area contributed by atoms with E-state index in [-0.39, 0.29) is 0 Å².